The van der Waals surface area contributed by atoms with E-state index < -0.39 is 23.0 Å². The maximum atomic E-state index is 13.5. The number of carbonyl (C=O) groups is 1. The molecule has 0 saturated heterocycles. The van der Waals surface area contributed by atoms with Crippen molar-refractivity contribution < 1.29 is 18.3 Å². The normalized spacial score (nSPS) is 11.9. The lowest BCUT2D eigenvalue weighted by atomic mass is 10.2. The molecule has 1 atom stereocenters. The second-order valence-corrected chi connectivity index (χ2v) is 5.42. The number of ether oxygens (including phenoxy) is 1. The zero-order chi connectivity index (χ0) is 18.6. The Balaban J connectivity index is 2.56. The predicted molar refractivity (Wildman–Crippen MR) is 88.1 cm³/mol. The molecular weight excluding hydrogens is 332 g/mol. The molecule has 0 saturated carbocycles. The average molecular weight is 351 g/mol. The van der Waals surface area contributed by atoms with E-state index in [9.17, 15) is 18.4 Å². The Hall–Kier alpha value is -2.77. The van der Waals surface area contributed by atoms with Crippen molar-refractivity contribution in [2.75, 3.05) is 6.61 Å². The average Bonchev–Trinajstić information content (AvgIpc) is 2.57. The van der Waals surface area contributed by atoms with Crippen LogP contribution in [0.25, 0.3) is 5.69 Å². The van der Waals surface area contributed by atoms with Gasteiger partial charge >= 0.3 is 0 Å². The fraction of sp³-hybridized carbons (Fsp3) is 0.353. The van der Waals surface area contributed by atoms with Gasteiger partial charge in [-0.25, -0.2) is 13.5 Å². The second kappa shape index (κ2) is 7.87. The van der Waals surface area contributed by atoms with E-state index in [4.69, 9.17) is 4.74 Å². The number of hydrogen-bond acceptors (Lipinski definition) is 4. The van der Waals surface area contributed by atoms with Crippen LogP contribution in [0.1, 0.15) is 37.7 Å². The third-order valence-electron chi connectivity index (χ3n) is 3.54. The molecule has 1 aromatic carbocycles. The van der Waals surface area contributed by atoms with Crippen LogP contribution in [0.4, 0.5) is 8.78 Å². The molecule has 8 heteroatoms. The van der Waals surface area contributed by atoms with Crippen molar-refractivity contribution in [1.82, 2.24) is 15.1 Å². The SMILES string of the molecule is CCOc1cc(=O)c(C(=O)N[C@@H](C)CC)nn1-c1ccc(F)c(F)c1. The van der Waals surface area contributed by atoms with Gasteiger partial charge < -0.3 is 10.1 Å². The van der Waals surface area contributed by atoms with E-state index >= 15 is 0 Å². The van der Waals surface area contributed by atoms with Gasteiger partial charge in [-0.2, -0.15) is 5.10 Å². The van der Waals surface area contributed by atoms with E-state index in [0.29, 0.717) is 6.42 Å². The summed E-state index contributed by atoms with van der Waals surface area (Å²) in [7, 11) is 0. The Morgan fingerprint density at radius 3 is 2.60 bits per heavy atom. The maximum absolute atomic E-state index is 13.5. The monoisotopic (exact) mass is 351 g/mol. The predicted octanol–water partition coefficient (Wildman–Crippen LogP) is 2.44. The third kappa shape index (κ3) is 4.20. The molecule has 25 heavy (non-hydrogen) atoms. The Labute approximate surface area is 143 Å². The van der Waals surface area contributed by atoms with Gasteiger partial charge in [0.1, 0.15) is 0 Å². The molecule has 134 valence electrons. The van der Waals surface area contributed by atoms with Crippen LogP contribution in [0.2, 0.25) is 0 Å². The molecule has 0 unspecified atom stereocenters. The van der Waals surface area contributed by atoms with Gasteiger partial charge in [0.2, 0.25) is 11.3 Å². The number of benzene rings is 1. The van der Waals surface area contributed by atoms with Crippen molar-refractivity contribution in [1.29, 1.82) is 0 Å². The summed E-state index contributed by atoms with van der Waals surface area (Å²) in [6, 6.07) is 4.07. The van der Waals surface area contributed by atoms with Crippen molar-refractivity contribution in [3.8, 4) is 11.6 Å². The smallest absolute Gasteiger partial charge is 0.276 e. The molecule has 1 heterocycles. The lowest BCUT2D eigenvalue weighted by Gasteiger charge is -2.15. The van der Waals surface area contributed by atoms with Crippen LogP contribution in [-0.4, -0.2) is 28.3 Å². The topological polar surface area (TPSA) is 73.2 Å². The van der Waals surface area contributed by atoms with Gasteiger partial charge in [-0.15, -0.1) is 0 Å². The quantitative estimate of drug-likeness (QED) is 0.868. The van der Waals surface area contributed by atoms with Gasteiger partial charge in [-0.3, -0.25) is 9.59 Å². The molecule has 0 bridgehead atoms. The molecule has 1 aromatic heterocycles. The van der Waals surface area contributed by atoms with Crippen LogP contribution < -0.4 is 15.5 Å². The standard InChI is InChI=1S/C17H19F2N3O3/c1-4-10(3)20-17(24)16-14(23)9-15(25-5-2)22(21-16)11-6-7-12(18)13(19)8-11/h6-10H,4-5H2,1-3H3,(H,20,24)/t10-/m0/s1. The van der Waals surface area contributed by atoms with Gasteiger partial charge in [-0.1, -0.05) is 6.92 Å². The molecule has 0 aliphatic carbocycles. The van der Waals surface area contributed by atoms with Crippen LogP contribution >= 0.6 is 0 Å². The van der Waals surface area contributed by atoms with E-state index in [0.717, 1.165) is 22.9 Å². The number of hydrogen-bond donors (Lipinski definition) is 1. The van der Waals surface area contributed by atoms with Crippen molar-refractivity contribution >= 4 is 5.91 Å². The number of nitrogens with one attached hydrogen (secondary N) is 1. The lowest BCUT2D eigenvalue weighted by Crippen LogP contribution is -2.36. The van der Waals surface area contributed by atoms with E-state index in [1.54, 1.807) is 13.8 Å². The molecule has 1 amide bonds. The first-order valence-corrected chi connectivity index (χ1v) is 7.90. The van der Waals surface area contributed by atoms with Crippen molar-refractivity contribution in [2.45, 2.75) is 33.2 Å². The first-order chi connectivity index (χ1) is 11.9. The summed E-state index contributed by atoms with van der Waals surface area (Å²) < 4.78 is 33.1. The van der Waals surface area contributed by atoms with Gasteiger partial charge in [0.05, 0.1) is 18.4 Å². The number of aromatic nitrogens is 2. The van der Waals surface area contributed by atoms with Gasteiger partial charge in [0.25, 0.3) is 5.91 Å². The number of halogens is 2. The lowest BCUT2D eigenvalue weighted by molar-refractivity contribution is 0.0931. The summed E-state index contributed by atoms with van der Waals surface area (Å²) >= 11 is 0. The first kappa shape index (κ1) is 18.6. The second-order valence-electron chi connectivity index (χ2n) is 5.42. The zero-order valence-corrected chi connectivity index (χ0v) is 14.2. The Kier molecular flexibility index (Phi) is 5.84. The minimum atomic E-state index is -1.08. The van der Waals surface area contributed by atoms with E-state index in [1.807, 2.05) is 6.92 Å². The molecular formula is C17H19F2N3O3. The van der Waals surface area contributed by atoms with Crippen LogP contribution in [-0.2, 0) is 0 Å². The van der Waals surface area contributed by atoms with Gasteiger partial charge in [0, 0.05) is 12.1 Å². The van der Waals surface area contributed by atoms with Crippen LogP contribution in [0, 0.1) is 11.6 Å². The summed E-state index contributed by atoms with van der Waals surface area (Å²) in [5.74, 6) is -2.71. The van der Waals surface area contributed by atoms with E-state index in [1.165, 1.54) is 6.07 Å². The summed E-state index contributed by atoms with van der Waals surface area (Å²) in [5, 5.41) is 6.64. The highest BCUT2D eigenvalue weighted by Crippen LogP contribution is 2.18. The summed E-state index contributed by atoms with van der Waals surface area (Å²) in [6.07, 6.45) is 0.681. The molecule has 0 radical (unpaired) electrons. The molecule has 0 spiro atoms. The highest BCUT2D eigenvalue weighted by Gasteiger charge is 2.19. The minimum Gasteiger partial charge on any atom is -0.478 e. The van der Waals surface area contributed by atoms with Crippen LogP contribution in [0.15, 0.2) is 29.1 Å². The molecule has 6 nitrogen and oxygen atoms in total. The molecule has 0 fully saturated rings. The Morgan fingerprint density at radius 1 is 1.28 bits per heavy atom. The zero-order valence-electron chi connectivity index (χ0n) is 14.2. The largest absolute Gasteiger partial charge is 0.478 e. The molecule has 2 rings (SSSR count). The van der Waals surface area contributed by atoms with Crippen molar-refractivity contribution in [2.24, 2.45) is 0 Å². The van der Waals surface area contributed by atoms with Crippen LogP contribution in [0.3, 0.4) is 0 Å². The molecule has 0 aliphatic heterocycles. The minimum absolute atomic E-state index is 0.0265. The third-order valence-corrected chi connectivity index (χ3v) is 3.54. The maximum Gasteiger partial charge on any atom is 0.276 e. The number of carbonyl (C=O) groups excluding carboxylic acids is 1. The Bertz CT molecular complexity index is 836. The molecule has 2 aromatic rings. The first-order valence-electron chi connectivity index (χ1n) is 7.90. The summed E-state index contributed by atoms with van der Waals surface area (Å²) in [5.41, 5.74) is -0.850. The van der Waals surface area contributed by atoms with Gasteiger partial charge in [0.15, 0.2) is 17.3 Å². The fourth-order valence-electron chi connectivity index (χ4n) is 2.04. The molecule has 0 aliphatic rings. The van der Waals surface area contributed by atoms with E-state index in [-0.39, 0.29) is 29.9 Å². The summed E-state index contributed by atoms with van der Waals surface area (Å²) in [6.45, 7) is 5.60. The number of nitrogens with zero attached hydrogens (tertiary/aromatic N) is 2. The fourth-order valence-corrected chi connectivity index (χ4v) is 2.04. The highest BCUT2D eigenvalue weighted by atomic mass is 19.2. The summed E-state index contributed by atoms with van der Waals surface area (Å²) in [4.78, 5) is 24.4. The Morgan fingerprint density at radius 2 is 2.00 bits per heavy atom. The van der Waals surface area contributed by atoms with Crippen molar-refractivity contribution in [3.63, 3.8) is 0 Å². The number of amides is 1. The number of rotatable bonds is 6. The van der Waals surface area contributed by atoms with Crippen molar-refractivity contribution in [3.05, 3.63) is 51.8 Å². The highest BCUT2D eigenvalue weighted by molar-refractivity contribution is 5.92. The molecule has 1 N–H and O–H groups in total. The van der Waals surface area contributed by atoms with Crippen LogP contribution in [0.5, 0.6) is 5.88 Å². The van der Waals surface area contributed by atoms with E-state index in [2.05, 4.69) is 10.4 Å². The van der Waals surface area contributed by atoms with Gasteiger partial charge in [-0.05, 0) is 32.4 Å².